The lowest BCUT2D eigenvalue weighted by Crippen LogP contribution is -1.84. The van der Waals surface area contributed by atoms with Gasteiger partial charge in [0.25, 0.3) is 0 Å². The summed E-state index contributed by atoms with van der Waals surface area (Å²) in [5, 5.41) is 14.4. The van der Waals surface area contributed by atoms with E-state index in [-0.39, 0.29) is 5.75 Å². The molecule has 16 heavy (non-hydrogen) atoms. The first kappa shape index (κ1) is 8.91. The molecule has 3 heterocycles. The van der Waals surface area contributed by atoms with Crippen molar-refractivity contribution in [3.8, 4) is 17.0 Å². The molecule has 0 atom stereocenters. The highest BCUT2D eigenvalue weighted by atomic mass is 16.3. The van der Waals surface area contributed by atoms with Gasteiger partial charge < -0.3 is 5.11 Å². The maximum absolute atomic E-state index is 10.0. The molecule has 4 heteroatoms. The summed E-state index contributed by atoms with van der Waals surface area (Å²) in [5.74, 6) is 0.201. The van der Waals surface area contributed by atoms with Crippen molar-refractivity contribution in [2.45, 2.75) is 0 Å². The Balaban J connectivity index is 2.29. The number of nitrogens with zero attached hydrogens (tertiary/aromatic N) is 3. The van der Waals surface area contributed by atoms with Gasteiger partial charge in [0.15, 0.2) is 5.75 Å². The van der Waals surface area contributed by atoms with E-state index >= 15 is 0 Å². The Bertz CT molecular complexity index is 631. The van der Waals surface area contributed by atoms with Crippen LogP contribution in [0.4, 0.5) is 0 Å². The third-order valence-electron chi connectivity index (χ3n) is 2.47. The third kappa shape index (κ3) is 1.24. The van der Waals surface area contributed by atoms with Gasteiger partial charge in [0.05, 0.1) is 0 Å². The van der Waals surface area contributed by atoms with Crippen LogP contribution in [0.3, 0.4) is 0 Å². The van der Waals surface area contributed by atoms with Crippen molar-refractivity contribution in [3.63, 3.8) is 0 Å². The van der Waals surface area contributed by atoms with Crippen LogP contribution in [0.1, 0.15) is 0 Å². The Labute approximate surface area is 91.8 Å². The maximum atomic E-state index is 10.0. The summed E-state index contributed by atoms with van der Waals surface area (Å²) < 4.78 is 1.66. The number of pyridine rings is 2. The minimum atomic E-state index is 0.201. The molecular weight excluding hydrogens is 202 g/mol. The summed E-state index contributed by atoms with van der Waals surface area (Å²) in [6, 6.07) is 9.21. The lowest BCUT2D eigenvalue weighted by atomic mass is 10.2. The fraction of sp³-hybridized carbons (Fsp3) is 0. The molecule has 0 aliphatic rings. The van der Waals surface area contributed by atoms with E-state index in [1.165, 1.54) is 0 Å². The van der Waals surface area contributed by atoms with Crippen LogP contribution in [0.15, 0.2) is 48.9 Å². The Morgan fingerprint density at radius 1 is 1.06 bits per heavy atom. The predicted molar refractivity (Wildman–Crippen MR) is 60.1 cm³/mol. The summed E-state index contributed by atoms with van der Waals surface area (Å²) in [6.45, 7) is 0. The van der Waals surface area contributed by atoms with E-state index in [2.05, 4.69) is 10.1 Å². The molecule has 3 aromatic heterocycles. The highest BCUT2D eigenvalue weighted by Gasteiger charge is 2.12. The fourth-order valence-corrected chi connectivity index (χ4v) is 1.69. The summed E-state index contributed by atoms with van der Waals surface area (Å²) in [7, 11) is 0. The lowest BCUT2D eigenvalue weighted by molar-refractivity contribution is 0.483. The predicted octanol–water partition coefficient (Wildman–Crippen LogP) is 2.10. The van der Waals surface area contributed by atoms with Gasteiger partial charge in [0.1, 0.15) is 11.2 Å². The molecular formula is C12H9N3O. The Kier molecular flexibility index (Phi) is 1.86. The normalized spacial score (nSPS) is 10.8. The first-order chi connectivity index (χ1) is 7.86. The summed E-state index contributed by atoms with van der Waals surface area (Å²) in [6.07, 6.45) is 5.16. The van der Waals surface area contributed by atoms with Crippen molar-refractivity contribution < 1.29 is 5.11 Å². The number of aromatic hydroxyl groups is 1. The van der Waals surface area contributed by atoms with E-state index < -0.39 is 0 Å². The lowest BCUT2D eigenvalue weighted by Gasteiger charge is -1.94. The highest BCUT2D eigenvalue weighted by Crippen LogP contribution is 2.31. The summed E-state index contributed by atoms with van der Waals surface area (Å²) in [5.41, 5.74) is 2.14. The molecule has 0 fully saturated rings. The zero-order valence-electron chi connectivity index (χ0n) is 8.41. The van der Waals surface area contributed by atoms with Crippen LogP contribution in [0, 0.1) is 0 Å². The standard InChI is InChI=1S/C12H9N3O/c16-12-10-3-1-2-8-15(10)14-11(12)9-4-6-13-7-5-9/h1-8,16H. The molecule has 3 aromatic rings. The molecule has 0 spiro atoms. The van der Waals surface area contributed by atoms with Crippen molar-refractivity contribution in [2.24, 2.45) is 0 Å². The van der Waals surface area contributed by atoms with E-state index in [1.807, 2.05) is 30.3 Å². The molecule has 0 aliphatic carbocycles. The Hall–Kier alpha value is -2.36. The van der Waals surface area contributed by atoms with Crippen LogP contribution in [-0.2, 0) is 0 Å². The van der Waals surface area contributed by atoms with Gasteiger partial charge in [-0.05, 0) is 24.3 Å². The molecule has 4 nitrogen and oxygen atoms in total. The van der Waals surface area contributed by atoms with E-state index in [9.17, 15) is 5.11 Å². The van der Waals surface area contributed by atoms with Crippen LogP contribution in [0.25, 0.3) is 16.8 Å². The van der Waals surface area contributed by atoms with Crippen molar-refractivity contribution >= 4 is 5.52 Å². The molecule has 0 unspecified atom stereocenters. The third-order valence-corrected chi connectivity index (χ3v) is 2.47. The quantitative estimate of drug-likeness (QED) is 0.670. The van der Waals surface area contributed by atoms with Gasteiger partial charge in [-0.3, -0.25) is 4.98 Å². The van der Waals surface area contributed by atoms with E-state index in [4.69, 9.17) is 0 Å². The second-order valence-corrected chi connectivity index (χ2v) is 3.46. The van der Waals surface area contributed by atoms with E-state index in [0.717, 1.165) is 5.56 Å². The van der Waals surface area contributed by atoms with Crippen LogP contribution in [0.2, 0.25) is 0 Å². The monoisotopic (exact) mass is 211 g/mol. The largest absolute Gasteiger partial charge is 0.504 e. The average molecular weight is 211 g/mol. The molecule has 3 rings (SSSR count). The molecule has 78 valence electrons. The number of rotatable bonds is 1. The van der Waals surface area contributed by atoms with Crippen LogP contribution >= 0.6 is 0 Å². The van der Waals surface area contributed by atoms with Crippen molar-refractivity contribution in [3.05, 3.63) is 48.9 Å². The molecule has 0 saturated carbocycles. The minimum Gasteiger partial charge on any atom is -0.504 e. The van der Waals surface area contributed by atoms with Gasteiger partial charge in [0, 0.05) is 24.2 Å². The van der Waals surface area contributed by atoms with Gasteiger partial charge >= 0.3 is 0 Å². The van der Waals surface area contributed by atoms with Gasteiger partial charge in [-0.1, -0.05) is 6.07 Å². The molecule has 0 radical (unpaired) electrons. The van der Waals surface area contributed by atoms with Crippen LogP contribution < -0.4 is 0 Å². The molecule has 1 N–H and O–H groups in total. The molecule has 0 bridgehead atoms. The van der Waals surface area contributed by atoms with Crippen LogP contribution in [0.5, 0.6) is 5.75 Å². The van der Waals surface area contributed by atoms with Crippen molar-refractivity contribution in [2.75, 3.05) is 0 Å². The Morgan fingerprint density at radius 2 is 1.88 bits per heavy atom. The minimum absolute atomic E-state index is 0.201. The summed E-state index contributed by atoms with van der Waals surface area (Å²) in [4.78, 5) is 3.94. The SMILES string of the molecule is Oc1c(-c2ccncc2)nn2ccccc12. The van der Waals surface area contributed by atoms with Gasteiger partial charge in [-0.25, -0.2) is 4.52 Å². The summed E-state index contributed by atoms with van der Waals surface area (Å²) >= 11 is 0. The highest BCUT2D eigenvalue weighted by molar-refractivity contribution is 5.76. The van der Waals surface area contributed by atoms with Crippen molar-refractivity contribution in [1.29, 1.82) is 0 Å². The number of hydrogen-bond acceptors (Lipinski definition) is 3. The molecule has 0 saturated heterocycles. The van der Waals surface area contributed by atoms with Crippen molar-refractivity contribution in [1.82, 2.24) is 14.6 Å². The first-order valence-corrected chi connectivity index (χ1v) is 4.93. The zero-order chi connectivity index (χ0) is 11.0. The maximum Gasteiger partial charge on any atom is 0.169 e. The number of hydrogen-bond donors (Lipinski definition) is 1. The van der Waals surface area contributed by atoms with Gasteiger partial charge in [-0.2, -0.15) is 5.10 Å². The van der Waals surface area contributed by atoms with E-state index in [1.54, 1.807) is 23.1 Å². The Morgan fingerprint density at radius 3 is 2.62 bits per heavy atom. The molecule has 0 aliphatic heterocycles. The van der Waals surface area contributed by atoms with E-state index in [0.29, 0.717) is 11.2 Å². The number of fused-ring (bicyclic) bond motifs is 1. The topological polar surface area (TPSA) is 50.4 Å². The van der Waals surface area contributed by atoms with Gasteiger partial charge in [-0.15, -0.1) is 0 Å². The molecule has 0 amide bonds. The first-order valence-electron chi connectivity index (χ1n) is 4.93. The second-order valence-electron chi connectivity index (χ2n) is 3.46. The average Bonchev–Trinajstić information content (AvgIpc) is 2.69. The second kappa shape index (κ2) is 3.34. The molecule has 0 aromatic carbocycles. The fourth-order valence-electron chi connectivity index (χ4n) is 1.69. The number of aromatic nitrogens is 3. The zero-order valence-corrected chi connectivity index (χ0v) is 8.41. The van der Waals surface area contributed by atoms with Gasteiger partial charge in [0.2, 0.25) is 0 Å². The van der Waals surface area contributed by atoms with Crippen LogP contribution in [-0.4, -0.2) is 19.7 Å². The smallest absolute Gasteiger partial charge is 0.169 e.